The number of likely N-dealkylation sites (tertiary alicyclic amines) is 1. The lowest BCUT2D eigenvalue weighted by Gasteiger charge is -2.30. The number of amides is 2. The molecule has 2 fully saturated rings. The van der Waals surface area contributed by atoms with Crippen LogP contribution < -0.4 is 5.32 Å². The molecule has 0 unspecified atom stereocenters. The Morgan fingerprint density at radius 3 is 2.69 bits per heavy atom. The van der Waals surface area contributed by atoms with E-state index in [4.69, 9.17) is 14.5 Å². The lowest BCUT2D eigenvalue weighted by atomic mass is 9.96. The van der Waals surface area contributed by atoms with Gasteiger partial charge in [0, 0.05) is 24.8 Å². The number of alkyl carbamates (subject to hydrolysis) is 1. The Hall–Kier alpha value is -2.87. The van der Waals surface area contributed by atoms with Crippen molar-refractivity contribution in [2.45, 2.75) is 57.7 Å². The van der Waals surface area contributed by atoms with E-state index in [9.17, 15) is 9.59 Å². The van der Waals surface area contributed by atoms with Crippen molar-refractivity contribution in [3.05, 3.63) is 41.9 Å². The summed E-state index contributed by atoms with van der Waals surface area (Å²) in [6.45, 7) is 7.07. The van der Waals surface area contributed by atoms with Crippen LogP contribution in [0.4, 0.5) is 4.79 Å². The number of aromatic amines is 1. The molecule has 0 aliphatic carbocycles. The molecule has 1 aromatic heterocycles. The van der Waals surface area contributed by atoms with Crippen LogP contribution in [0, 0.1) is 12.8 Å². The second-order valence-corrected chi connectivity index (χ2v) is 9.22. The molecule has 8 nitrogen and oxygen atoms in total. The van der Waals surface area contributed by atoms with Gasteiger partial charge in [0.15, 0.2) is 0 Å². The van der Waals surface area contributed by atoms with Crippen molar-refractivity contribution in [3.8, 4) is 11.3 Å². The summed E-state index contributed by atoms with van der Waals surface area (Å²) in [6.07, 6.45) is 3.85. The lowest BCUT2D eigenvalue weighted by Crippen LogP contribution is -2.51. The van der Waals surface area contributed by atoms with Crippen molar-refractivity contribution in [2.24, 2.45) is 5.92 Å². The summed E-state index contributed by atoms with van der Waals surface area (Å²) in [5.41, 5.74) is 2.70. The third kappa shape index (κ3) is 4.37. The van der Waals surface area contributed by atoms with Gasteiger partial charge in [0.25, 0.3) is 0 Å². The predicted molar refractivity (Wildman–Crippen MR) is 120 cm³/mol. The molecule has 2 aliphatic rings. The molecule has 172 valence electrons. The maximum Gasteiger partial charge on any atom is 0.407 e. The van der Waals surface area contributed by atoms with Crippen LogP contribution in [-0.2, 0) is 14.3 Å². The molecule has 2 N–H and O–H groups in total. The molecule has 2 aromatic rings. The molecule has 1 spiro atoms. The highest BCUT2D eigenvalue weighted by Crippen LogP contribution is 2.44. The summed E-state index contributed by atoms with van der Waals surface area (Å²) in [5.74, 6) is 0.501. The number of aryl methyl sites for hydroxylation is 1. The second-order valence-electron chi connectivity index (χ2n) is 9.22. The number of imidazole rings is 1. The quantitative estimate of drug-likeness (QED) is 0.741. The molecular weight excluding hydrogens is 408 g/mol. The van der Waals surface area contributed by atoms with Gasteiger partial charge in [-0.2, -0.15) is 0 Å². The number of carbonyl (C=O) groups excluding carboxylic acids is 2. The average Bonchev–Trinajstić information content (AvgIpc) is 3.52. The first-order valence-electron chi connectivity index (χ1n) is 11.2. The van der Waals surface area contributed by atoms with Gasteiger partial charge in [-0.15, -0.1) is 0 Å². The van der Waals surface area contributed by atoms with Crippen LogP contribution in [-0.4, -0.2) is 58.8 Å². The van der Waals surface area contributed by atoms with Crippen LogP contribution in [0.25, 0.3) is 11.3 Å². The smallest absolute Gasteiger partial charge is 0.407 e. The zero-order chi connectivity index (χ0) is 22.9. The van der Waals surface area contributed by atoms with E-state index in [1.807, 2.05) is 37.1 Å². The molecule has 3 heterocycles. The summed E-state index contributed by atoms with van der Waals surface area (Å²) in [4.78, 5) is 35.5. The first kappa shape index (κ1) is 22.3. The van der Waals surface area contributed by atoms with Crippen LogP contribution >= 0.6 is 0 Å². The number of aromatic nitrogens is 2. The largest absolute Gasteiger partial charge is 0.453 e. The van der Waals surface area contributed by atoms with Crippen LogP contribution in [0.3, 0.4) is 0 Å². The van der Waals surface area contributed by atoms with Crippen molar-refractivity contribution in [3.63, 3.8) is 0 Å². The molecule has 0 bridgehead atoms. The normalized spacial score (nSPS) is 23.7. The topological polar surface area (TPSA) is 96.6 Å². The van der Waals surface area contributed by atoms with E-state index in [1.165, 1.54) is 12.7 Å². The number of nitrogens with one attached hydrogen (secondary N) is 2. The van der Waals surface area contributed by atoms with Crippen molar-refractivity contribution >= 4 is 12.0 Å². The summed E-state index contributed by atoms with van der Waals surface area (Å²) in [6, 6.07) is 7.27. The Labute approximate surface area is 188 Å². The fraction of sp³-hybridized carbons (Fsp3) is 0.542. The number of hydrogen-bond acceptors (Lipinski definition) is 5. The van der Waals surface area contributed by atoms with E-state index in [0.717, 1.165) is 29.9 Å². The fourth-order valence-electron chi connectivity index (χ4n) is 4.72. The Morgan fingerprint density at radius 1 is 1.31 bits per heavy atom. The number of benzene rings is 1. The molecular formula is C24H32N4O4. The lowest BCUT2D eigenvalue weighted by molar-refractivity contribution is -0.136. The fourth-order valence-corrected chi connectivity index (χ4v) is 4.72. The van der Waals surface area contributed by atoms with Gasteiger partial charge in [0.2, 0.25) is 5.91 Å². The first-order chi connectivity index (χ1) is 15.3. The van der Waals surface area contributed by atoms with Crippen molar-refractivity contribution in [2.75, 3.05) is 20.3 Å². The molecule has 2 saturated heterocycles. The van der Waals surface area contributed by atoms with Crippen LogP contribution in [0.2, 0.25) is 0 Å². The Bertz CT molecular complexity index is 963. The van der Waals surface area contributed by atoms with Gasteiger partial charge in [-0.25, -0.2) is 9.78 Å². The van der Waals surface area contributed by atoms with Gasteiger partial charge in [-0.1, -0.05) is 43.7 Å². The van der Waals surface area contributed by atoms with Gasteiger partial charge in [0.1, 0.15) is 11.9 Å². The van der Waals surface area contributed by atoms with Gasteiger partial charge < -0.3 is 24.7 Å². The van der Waals surface area contributed by atoms with E-state index < -0.39 is 12.1 Å². The third-order valence-corrected chi connectivity index (χ3v) is 6.52. The Balaban J connectivity index is 1.63. The van der Waals surface area contributed by atoms with E-state index in [-0.39, 0.29) is 23.5 Å². The van der Waals surface area contributed by atoms with E-state index in [0.29, 0.717) is 19.6 Å². The predicted octanol–water partition coefficient (Wildman–Crippen LogP) is 3.59. The number of methoxy groups -OCH3 is 1. The zero-order valence-corrected chi connectivity index (χ0v) is 19.2. The van der Waals surface area contributed by atoms with Crippen molar-refractivity contribution < 1.29 is 19.1 Å². The number of ether oxygens (including phenoxy) is 2. The number of hydrogen-bond donors (Lipinski definition) is 2. The monoisotopic (exact) mass is 440 g/mol. The highest BCUT2D eigenvalue weighted by molar-refractivity contribution is 5.86. The highest BCUT2D eigenvalue weighted by Gasteiger charge is 2.51. The van der Waals surface area contributed by atoms with E-state index in [1.54, 1.807) is 0 Å². The summed E-state index contributed by atoms with van der Waals surface area (Å²) < 4.78 is 10.9. The van der Waals surface area contributed by atoms with Gasteiger partial charge in [-0.05, 0) is 25.7 Å². The van der Waals surface area contributed by atoms with Crippen molar-refractivity contribution in [1.29, 1.82) is 0 Å². The number of carbonyl (C=O) groups is 2. The number of H-pyrrole nitrogens is 1. The molecule has 32 heavy (non-hydrogen) atoms. The number of nitrogens with zero attached hydrogens (tertiary/aromatic N) is 2. The molecule has 0 saturated carbocycles. The molecule has 0 radical (unpaired) electrons. The SMILES string of the molecule is COC(=O)N[C@H](C(=O)N1C[C@]2(CCCO2)C[C@H]1c1nc(-c2ccc(C)cc2)c[nH]1)C(C)C. The minimum absolute atomic E-state index is 0.0944. The van der Waals surface area contributed by atoms with E-state index in [2.05, 4.69) is 29.4 Å². The van der Waals surface area contributed by atoms with Crippen LogP contribution in [0.15, 0.2) is 30.5 Å². The standard InChI is InChI=1S/C24H32N4O4/c1-15(2)20(27-23(30)31-4)22(29)28-14-24(10-5-11-32-24)12-19(28)21-25-13-18(26-21)17-8-6-16(3)7-9-17/h6-9,13,15,19-20H,5,10-12,14H2,1-4H3,(H,25,26)(H,27,30)/t19-,20-,24-/m0/s1. The minimum atomic E-state index is -0.687. The minimum Gasteiger partial charge on any atom is -0.453 e. The maximum absolute atomic E-state index is 13.6. The van der Waals surface area contributed by atoms with Crippen molar-refractivity contribution in [1.82, 2.24) is 20.2 Å². The highest BCUT2D eigenvalue weighted by atomic mass is 16.5. The second kappa shape index (κ2) is 8.94. The van der Waals surface area contributed by atoms with Gasteiger partial charge >= 0.3 is 6.09 Å². The van der Waals surface area contributed by atoms with Gasteiger partial charge in [0.05, 0.1) is 31.0 Å². The van der Waals surface area contributed by atoms with Gasteiger partial charge in [-0.3, -0.25) is 4.79 Å². The molecule has 8 heteroatoms. The molecule has 2 amide bonds. The number of rotatable bonds is 5. The van der Waals surface area contributed by atoms with Crippen LogP contribution in [0.5, 0.6) is 0 Å². The molecule has 3 atom stereocenters. The summed E-state index contributed by atoms with van der Waals surface area (Å²) in [5, 5.41) is 2.71. The van der Waals surface area contributed by atoms with E-state index >= 15 is 0 Å². The summed E-state index contributed by atoms with van der Waals surface area (Å²) in [7, 11) is 1.30. The third-order valence-electron chi connectivity index (χ3n) is 6.52. The Kier molecular flexibility index (Phi) is 6.24. The Morgan fingerprint density at radius 2 is 2.06 bits per heavy atom. The first-order valence-corrected chi connectivity index (χ1v) is 11.2. The molecule has 1 aromatic carbocycles. The molecule has 2 aliphatic heterocycles. The van der Waals surface area contributed by atoms with Crippen LogP contribution in [0.1, 0.15) is 50.5 Å². The molecule has 4 rings (SSSR count). The zero-order valence-electron chi connectivity index (χ0n) is 19.2. The summed E-state index contributed by atoms with van der Waals surface area (Å²) >= 11 is 0. The maximum atomic E-state index is 13.6. The average molecular weight is 441 g/mol.